The fourth-order valence-corrected chi connectivity index (χ4v) is 0.481. The Morgan fingerprint density at radius 3 is 1.00 bits per heavy atom. The van der Waals surface area contributed by atoms with E-state index >= 15 is 0 Å². The van der Waals surface area contributed by atoms with Crippen molar-refractivity contribution in [2.45, 2.75) is 25.0 Å². The maximum Gasteiger partial charge on any atom is 0.0792 e. The van der Waals surface area contributed by atoms with E-state index in [1.807, 2.05) is 0 Å². The van der Waals surface area contributed by atoms with Crippen molar-refractivity contribution < 1.29 is 30.6 Å². The van der Waals surface area contributed by atoms with E-state index in [4.69, 9.17) is 30.6 Å². The van der Waals surface area contributed by atoms with Crippen LogP contribution in [0.5, 0.6) is 0 Å². The molecule has 0 rings (SSSR count). The van der Waals surface area contributed by atoms with E-state index in [2.05, 4.69) is 0 Å². The van der Waals surface area contributed by atoms with Gasteiger partial charge in [0.15, 0.2) is 0 Å². The topological polar surface area (TPSA) is 121 Å². The first-order chi connectivity index (χ1) is 6.62. The molecule has 0 aromatic carbocycles. The van der Waals surface area contributed by atoms with Crippen LogP contribution < -0.4 is 0 Å². The van der Waals surface area contributed by atoms with Crippen LogP contribution in [0.4, 0.5) is 0 Å². The van der Waals surface area contributed by atoms with Crippen molar-refractivity contribution in [1.29, 1.82) is 0 Å². The highest BCUT2D eigenvalue weighted by Crippen LogP contribution is 1.85. The SMILES string of the molecule is OCCC(O)CO.OCCC(O)CO. The third-order valence-electron chi connectivity index (χ3n) is 1.35. The van der Waals surface area contributed by atoms with Crippen molar-refractivity contribution in [3.63, 3.8) is 0 Å². The van der Waals surface area contributed by atoms with E-state index < -0.39 is 12.2 Å². The highest BCUT2D eigenvalue weighted by Gasteiger charge is 1.97. The summed E-state index contributed by atoms with van der Waals surface area (Å²) in [5, 5.41) is 49.3. The van der Waals surface area contributed by atoms with E-state index in [1.54, 1.807) is 0 Å². The van der Waals surface area contributed by atoms with Crippen LogP contribution in [0, 0.1) is 0 Å². The molecule has 0 amide bonds. The first kappa shape index (κ1) is 16.2. The molecule has 0 aromatic rings. The second kappa shape index (κ2) is 12.8. The monoisotopic (exact) mass is 212 g/mol. The molecule has 0 aromatic heterocycles. The Morgan fingerprint density at radius 1 is 0.643 bits per heavy atom. The number of hydrogen-bond donors (Lipinski definition) is 6. The number of hydrogen-bond acceptors (Lipinski definition) is 6. The van der Waals surface area contributed by atoms with Crippen LogP contribution in [0.15, 0.2) is 0 Å². The van der Waals surface area contributed by atoms with E-state index in [0.717, 1.165) is 0 Å². The van der Waals surface area contributed by atoms with Gasteiger partial charge in [-0.05, 0) is 12.8 Å². The van der Waals surface area contributed by atoms with Crippen molar-refractivity contribution in [3.05, 3.63) is 0 Å². The predicted molar refractivity (Wildman–Crippen MR) is 49.6 cm³/mol. The second-order valence-electron chi connectivity index (χ2n) is 2.70. The minimum atomic E-state index is -0.745. The van der Waals surface area contributed by atoms with Crippen LogP contribution in [-0.4, -0.2) is 69.3 Å². The van der Waals surface area contributed by atoms with Gasteiger partial charge in [-0.25, -0.2) is 0 Å². The molecule has 0 aliphatic rings. The summed E-state index contributed by atoms with van der Waals surface area (Å²) in [5.74, 6) is 0. The van der Waals surface area contributed by atoms with E-state index in [9.17, 15) is 0 Å². The lowest BCUT2D eigenvalue weighted by molar-refractivity contribution is 0.0720. The second-order valence-corrected chi connectivity index (χ2v) is 2.70. The molecule has 0 bridgehead atoms. The molecule has 0 saturated heterocycles. The standard InChI is InChI=1S/2C4H10O3/c2*5-2-1-4(7)3-6/h2*4-7H,1-3H2. The molecule has 6 N–H and O–H groups in total. The van der Waals surface area contributed by atoms with Gasteiger partial charge in [-0.2, -0.15) is 0 Å². The summed E-state index contributed by atoms with van der Waals surface area (Å²) < 4.78 is 0. The van der Waals surface area contributed by atoms with Crippen molar-refractivity contribution in [2.75, 3.05) is 26.4 Å². The van der Waals surface area contributed by atoms with Gasteiger partial charge in [0, 0.05) is 13.2 Å². The average Bonchev–Trinajstić information content (AvgIpc) is 2.19. The first-order valence-electron chi connectivity index (χ1n) is 4.41. The molecule has 2 unspecified atom stereocenters. The fourth-order valence-electron chi connectivity index (χ4n) is 0.481. The maximum atomic E-state index is 8.45. The van der Waals surface area contributed by atoms with Gasteiger partial charge in [0.25, 0.3) is 0 Å². The van der Waals surface area contributed by atoms with Gasteiger partial charge in [0.1, 0.15) is 0 Å². The fraction of sp³-hybridized carbons (Fsp3) is 1.00. The van der Waals surface area contributed by atoms with Crippen LogP contribution >= 0.6 is 0 Å². The molecule has 0 fully saturated rings. The Hall–Kier alpha value is -0.240. The van der Waals surface area contributed by atoms with Crippen LogP contribution in [0.25, 0.3) is 0 Å². The van der Waals surface area contributed by atoms with Crippen molar-refractivity contribution in [3.8, 4) is 0 Å². The van der Waals surface area contributed by atoms with Gasteiger partial charge in [0.2, 0.25) is 0 Å². The number of aliphatic hydroxyl groups excluding tert-OH is 6. The molecule has 2 atom stereocenters. The van der Waals surface area contributed by atoms with E-state index in [1.165, 1.54) is 0 Å². The van der Waals surface area contributed by atoms with Crippen molar-refractivity contribution in [1.82, 2.24) is 0 Å². The molecule has 14 heavy (non-hydrogen) atoms. The molecule has 88 valence electrons. The lowest BCUT2D eigenvalue weighted by atomic mass is 10.3. The van der Waals surface area contributed by atoms with Crippen molar-refractivity contribution >= 4 is 0 Å². The summed E-state index contributed by atoms with van der Waals surface area (Å²) >= 11 is 0. The Kier molecular flexibility index (Phi) is 14.8. The predicted octanol–water partition coefficient (Wildman–Crippen LogP) is -2.56. The molecule has 0 heterocycles. The molecule has 6 nitrogen and oxygen atoms in total. The zero-order chi connectivity index (χ0) is 11.4. The van der Waals surface area contributed by atoms with Crippen LogP contribution in [0.2, 0.25) is 0 Å². The Bertz CT molecular complexity index is 87.8. The smallest absolute Gasteiger partial charge is 0.0792 e. The third-order valence-corrected chi connectivity index (χ3v) is 1.35. The minimum absolute atomic E-state index is 0.0677. The summed E-state index contributed by atoms with van der Waals surface area (Å²) in [4.78, 5) is 0. The zero-order valence-corrected chi connectivity index (χ0v) is 8.08. The maximum absolute atomic E-state index is 8.45. The molecule has 6 heteroatoms. The van der Waals surface area contributed by atoms with Crippen LogP contribution in [-0.2, 0) is 0 Å². The van der Waals surface area contributed by atoms with Gasteiger partial charge in [-0.3, -0.25) is 0 Å². The highest BCUT2D eigenvalue weighted by molar-refractivity contribution is 4.48. The number of aliphatic hydroxyl groups is 6. The third kappa shape index (κ3) is 14.3. The largest absolute Gasteiger partial charge is 0.396 e. The van der Waals surface area contributed by atoms with E-state index in [0.29, 0.717) is 0 Å². The summed E-state index contributed by atoms with van der Waals surface area (Å²) in [6.07, 6.45) is -0.970. The summed E-state index contributed by atoms with van der Waals surface area (Å²) in [6.45, 7) is -0.662. The average molecular weight is 212 g/mol. The molecular formula is C8H20O6. The molecule has 0 radical (unpaired) electrons. The van der Waals surface area contributed by atoms with Crippen molar-refractivity contribution in [2.24, 2.45) is 0 Å². The normalized spacial score (nSPS) is 14.1. The lowest BCUT2D eigenvalue weighted by Crippen LogP contribution is -2.12. The Labute approximate surface area is 83.1 Å². The lowest BCUT2D eigenvalue weighted by Gasteiger charge is -2.00. The van der Waals surface area contributed by atoms with Crippen LogP contribution in [0.1, 0.15) is 12.8 Å². The first-order valence-corrected chi connectivity index (χ1v) is 4.41. The Balaban J connectivity index is 0. The molecule has 0 spiro atoms. The van der Waals surface area contributed by atoms with E-state index in [-0.39, 0.29) is 39.3 Å². The summed E-state index contributed by atoms with van der Waals surface area (Å²) in [7, 11) is 0. The minimum Gasteiger partial charge on any atom is -0.396 e. The van der Waals surface area contributed by atoms with Gasteiger partial charge >= 0.3 is 0 Å². The van der Waals surface area contributed by atoms with Crippen LogP contribution in [0.3, 0.4) is 0 Å². The summed E-state index contributed by atoms with van der Waals surface area (Å²) in [6, 6.07) is 0. The zero-order valence-electron chi connectivity index (χ0n) is 8.08. The molecule has 0 saturated carbocycles. The summed E-state index contributed by atoms with van der Waals surface area (Å²) in [5.41, 5.74) is 0. The Morgan fingerprint density at radius 2 is 0.929 bits per heavy atom. The van der Waals surface area contributed by atoms with Gasteiger partial charge < -0.3 is 30.6 Å². The van der Waals surface area contributed by atoms with Gasteiger partial charge in [0.05, 0.1) is 25.4 Å². The molecular weight excluding hydrogens is 192 g/mol. The van der Waals surface area contributed by atoms with Gasteiger partial charge in [-0.15, -0.1) is 0 Å². The number of rotatable bonds is 6. The highest BCUT2D eigenvalue weighted by atomic mass is 16.3. The van der Waals surface area contributed by atoms with Gasteiger partial charge in [-0.1, -0.05) is 0 Å². The molecule has 0 aliphatic carbocycles. The quantitative estimate of drug-likeness (QED) is 0.288. The molecule has 0 aliphatic heterocycles.